The summed E-state index contributed by atoms with van der Waals surface area (Å²) in [5, 5.41) is 9.31. The first-order chi connectivity index (χ1) is 17.4. The number of nitrogens with zero attached hydrogens (tertiary/aromatic N) is 5. The predicted octanol–water partition coefficient (Wildman–Crippen LogP) is 5.53. The van der Waals surface area contributed by atoms with E-state index in [1.165, 1.54) is 4.68 Å². The number of halogens is 2. The van der Waals surface area contributed by atoms with Crippen molar-refractivity contribution in [3.8, 4) is 17.4 Å². The van der Waals surface area contributed by atoms with E-state index in [4.69, 9.17) is 32.7 Å². The lowest BCUT2D eigenvalue weighted by Crippen LogP contribution is -2.42. The minimum absolute atomic E-state index is 0.0823. The van der Waals surface area contributed by atoms with Crippen molar-refractivity contribution in [2.45, 2.75) is 6.54 Å². The zero-order valence-electron chi connectivity index (χ0n) is 19.7. The number of hydrogen-bond donors (Lipinski definition) is 0. The molecule has 1 aromatic heterocycles. The van der Waals surface area contributed by atoms with E-state index in [-0.39, 0.29) is 17.5 Å². The van der Waals surface area contributed by atoms with Crippen LogP contribution in [-0.2, 0) is 6.54 Å². The van der Waals surface area contributed by atoms with Crippen LogP contribution in [0.25, 0.3) is 0 Å². The molecule has 184 valence electrons. The van der Waals surface area contributed by atoms with Gasteiger partial charge in [-0.05, 0) is 42.0 Å². The molecule has 0 fully saturated rings. The molecule has 2 heterocycles. The number of carbonyl (C=O) groups excluding carboxylic acids is 1. The number of fused-ring (bicyclic) bond motifs is 1. The van der Waals surface area contributed by atoms with Gasteiger partial charge in [-0.15, -0.1) is 5.10 Å². The summed E-state index contributed by atoms with van der Waals surface area (Å²) in [4.78, 5) is 17.6. The van der Waals surface area contributed by atoms with Gasteiger partial charge in [0.25, 0.3) is 11.8 Å². The smallest absolute Gasteiger partial charge is 0.284 e. The van der Waals surface area contributed by atoms with Crippen molar-refractivity contribution >= 4 is 40.5 Å². The van der Waals surface area contributed by atoms with E-state index in [0.717, 1.165) is 22.7 Å². The van der Waals surface area contributed by atoms with Gasteiger partial charge in [0.2, 0.25) is 5.69 Å². The molecule has 1 amide bonds. The van der Waals surface area contributed by atoms with Crippen molar-refractivity contribution in [2.75, 3.05) is 37.0 Å². The molecule has 10 heteroatoms. The molecule has 0 radical (unpaired) electrons. The van der Waals surface area contributed by atoms with Crippen molar-refractivity contribution in [1.82, 2.24) is 15.0 Å². The van der Waals surface area contributed by atoms with Gasteiger partial charge in [0, 0.05) is 31.2 Å². The van der Waals surface area contributed by atoms with Crippen molar-refractivity contribution in [3.05, 3.63) is 88.0 Å². The lowest BCUT2D eigenvalue weighted by Gasteiger charge is -2.35. The maximum atomic E-state index is 13.8. The fourth-order valence-electron chi connectivity index (χ4n) is 4.05. The molecule has 0 saturated heterocycles. The van der Waals surface area contributed by atoms with E-state index in [0.29, 0.717) is 35.4 Å². The number of aromatic nitrogens is 3. The first-order valence-electron chi connectivity index (χ1n) is 11.3. The fraction of sp³-hybridized carbons (Fsp3) is 0.192. The Bertz CT molecular complexity index is 1410. The molecule has 0 bridgehead atoms. The third-order valence-corrected chi connectivity index (χ3v) is 6.52. The second-order valence-corrected chi connectivity index (χ2v) is 9.14. The number of ether oxygens (including phenoxy) is 2. The van der Waals surface area contributed by atoms with Crippen LogP contribution in [0.4, 0.5) is 11.4 Å². The van der Waals surface area contributed by atoms with Crippen LogP contribution in [0, 0.1) is 0 Å². The number of anilines is 2. The van der Waals surface area contributed by atoms with Crippen LogP contribution in [0.3, 0.4) is 0 Å². The molecule has 0 aliphatic carbocycles. The monoisotopic (exact) mass is 523 g/mol. The third-order valence-electron chi connectivity index (χ3n) is 5.97. The van der Waals surface area contributed by atoms with Gasteiger partial charge in [0.05, 0.1) is 30.1 Å². The highest BCUT2D eigenvalue weighted by molar-refractivity contribution is 6.34. The third kappa shape index (κ3) is 4.69. The Morgan fingerprint density at radius 2 is 1.75 bits per heavy atom. The highest BCUT2D eigenvalue weighted by atomic mass is 35.5. The lowest BCUT2D eigenvalue weighted by molar-refractivity contribution is 0.0979. The minimum Gasteiger partial charge on any atom is -0.497 e. The maximum Gasteiger partial charge on any atom is 0.284 e. The van der Waals surface area contributed by atoms with Gasteiger partial charge < -0.3 is 19.3 Å². The summed E-state index contributed by atoms with van der Waals surface area (Å²) in [6.45, 7) is 1.49. The average Bonchev–Trinajstić information content (AvgIpc) is 3.28. The Morgan fingerprint density at radius 3 is 2.50 bits per heavy atom. The minimum atomic E-state index is -0.315. The number of hydrogen-bond acceptors (Lipinski definition) is 6. The number of rotatable bonds is 6. The van der Waals surface area contributed by atoms with Gasteiger partial charge in [-0.25, -0.2) is 4.68 Å². The zero-order chi connectivity index (χ0) is 25.2. The lowest BCUT2D eigenvalue weighted by atomic mass is 10.1. The van der Waals surface area contributed by atoms with Crippen LogP contribution < -0.4 is 19.3 Å². The topological polar surface area (TPSA) is 72.7 Å². The molecule has 0 atom stereocenters. The molecule has 0 saturated carbocycles. The van der Waals surface area contributed by atoms with E-state index < -0.39 is 0 Å². The Kier molecular flexibility index (Phi) is 6.71. The second-order valence-electron chi connectivity index (χ2n) is 8.29. The second kappa shape index (κ2) is 10.1. The van der Waals surface area contributed by atoms with Gasteiger partial charge in [-0.1, -0.05) is 52.7 Å². The van der Waals surface area contributed by atoms with E-state index in [1.54, 1.807) is 30.2 Å². The van der Waals surface area contributed by atoms with Crippen LogP contribution in [0.15, 0.2) is 66.7 Å². The molecule has 36 heavy (non-hydrogen) atoms. The van der Waals surface area contributed by atoms with Crippen molar-refractivity contribution < 1.29 is 14.3 Å². The fourth-order valence-corrected chi connectivity index (χ4v) is 4.37. The first kappa shape index (κ1) is 24.0. The molecule has 5 rings (SSSR count). The molecular formula is C26H23Cl2N5O3. The SMILES string of the molecule is COc1ccc(Cn2nnc(C(=O)N3CCN(C)c4ccccc43)c2Oc2cc(Cl)ccc2Cl)cc1. The quantitative estimate of drug-likeness (QED) is 0.330. The number of para-hydroxylation sites is 2. The van der Waals surface area contributed by atoms with Crippen LogP contribution >= 0.6 is 23.2 Å². The summed E-state index contributed by atoms with van der Waals surface area (Å²) >= 11 is 12.6. The molecule has 0 unspecified atom stereocenters. The summed E-state index contributed by atoms with van der Waals surface area (Å²) in [6, 6.07) is 20.2. The van der Waals surface area contributed by atoms with E-state index in [2.05, 4.69) is 15.2 Å². The highest BCUT2D eigenvalue weighted by Crippen LogP contribution is 2.36. The normalized spacial score (nSPS) is 12.9. The molecule has 1 aliphatic heterocycles. The molecule has 8 nitrogen and oxygen atoms in total. The Hall–Kier alpha value is -3.75. The van der Waals surface area contributed by atoms with Crippen molar-refractivity contribution in [3.63, 3.8) is 0 Å². The van der Waals surface area contributed by atoms with Crippen LogP contribution in [0.2, 0.25) is 10.0 Å². The number of methoxy groups -OCH3 is 1. The van der Waals surface area contributed by atoms with Crippen LogP contribution in [0.5, 0.6) is 17.4 Å². The van der Waals surface area contributed by atoms with Crippen LogP contribution in [-0.4, -0.2) is 48.1 Å². The van der Waals surface area contributed by atoms with Crippen molar-refractivity contribution in [1.29, 1.82) is 0 Å². The first-order valence-corrected chi connectivity index (χ1v) is 12.0. The average molecular weight is 524 g/mol. The molecule has 3 aromatic carbocycles. The van der Waals surface area contributed by atoms with Crippen LogP contribution in [0.1, 0.15) is 16.1 Å². The predicted molar refractivity (Wildman–Crippen MR) is 140 cm³/mol. The summed E-state index contributed by atoms with van der Waals surface area (Å²) in [5.41, 5.74) is 2.77. The van der Waals surface area contributed by atoms with Gasteiger partial charge in [0.1, 0.15) is 11.5 Å². The number of benzene rings is 3. The van der Waals surface area contributed by atoms with E-state index in [9.17, 15) is 4.79 Å². The molecule has 1 aliphatic rings. The van der Waals surface area contributed by atoms with E-state index >= 15 is 0 Å². The summed E-state index contributed by atoms with van der Waals surface area (Å²) < 4.78 is 13.0. The maximum absolute atomic E-state index is 13.8. The van der Waals surface area contributed by atoms with Crippen molar-refractivity contribution in [2.24, 2.45) is 0 Å². The largest absolute Gasteiger partial charge is 0.497 e. The summed E-state index contributed by atoms with van der Waals surface area (Å²) in [5.74, 6) is 0.903. The molecule has 4 aromatic rings. The molecular weight excluding hydrogens is 501 g/mol. The molecule has 0 spiro atoms. The van der Waals surface area contributed by atoms with E-state index in [1.807, 2.05) is 55.6 Å². The van der Waals surface area contributed by atoms with Gasteiger partial charge in [-0.2, -0.15) is 0 Å². The molecule has 0 N–H and O–H groups in total. The Balaban J connectivity index is 1.54. The van der Waals surface area contributed by atoms with Gasteiger partial charge in [-0.3, -0.25) is 4.79 Å². The Labute approximate surface area is 218 Å². The summed E-state index contributed by atoms with van der Waals surface area (Å²) in [7, 11) is 3.61. The highest BCUT2D eigenvalue weighted by Gasteiger charge is 2.31. The number of amides is 1. The standard InChI is InChI=1S/C26H23Cl2N5O3/c1-31-13-14-32(22-6-4-3-5-21(22)31)25(34)24-26(36-23-15-18(27)9-12-20(23)28)33(30-29-24)16-17-7-10-19(35-2)11-8-17/h3-12,15H,13-14,16H2,1-2H3. The van der Waals surface area contributed by atoms with Gasteiger partial charge >= 0.3 is 0 Å². The Morgan fingerprint density at radius 1 is 1.00 bits per heavy atom. The number of carbonyl (C=O) groups is 1. The summed E-state index contributed by atoms with van der Waals surface area (Å²) in [6.07, 6.45) is 0. The zero-order valence-corrected chi connectivity index (χ0v) is 21.2. The van der Waals surface area contributed by atoms with Gasteiger partial charge in [0.15, 0.2) is 0 Å². The number of likely N-dealkylation sites (N-methyl/N-ethyl adjacent to an activating group) is 1.